The highest BCUT2D eigenvalue weighted by Crippen LogP contribution is 2.23. The number of halogens is 2. The van der Waals surface area contributed by atoms with Crippen LogP contribution in [-0.4, -0.2) is 18.1 Å². The molecule has 0 saturated carbocycles. The number of methoxy groups -OCH3 is 1. The lowest BCUT2D eigenvalue weighted by molar-refractivity contribution is 0.0595. The van der Waals surface area contributed by atoms with Crippen LogP contribution in [0.4, 0.5) is 8.78 Å². The van der Waals surface area contributed by atoms with E-state index in [-0.39, 0.29) is 11.3 Å². The first kappa shape index (κ1) is 12.2. The third-order valence-corrected chi connectivity index (χ3v) is 2.41. The molecule has 0 spiro atoms. The molecular weight excluding hydrogens is 240 g/mol. The summed E-state index contributed by atoms with van der Waals surface area (Å²) in [6, 6.07) is 6.40. The van der Waals surface area contributed by atoms with E-state index in [2.05, 4.69) is 9.72 Å². The molecule has 0 amide bonds. The zero-order chi connectivity index (χ0) is 13.1. The van der Waals surface area contributed by atoms with Crippen LogP contribution in [0, 0.1) is 11.6 Å². The van der Waals surface area contributed by atoms with Crippen LogP contribution >= 0.6 is 0 Å². The molecule has 0 radical (unpaired) electrons. The van der Waals surface area contributed by atoms with Gasteiger partial charge in [0.15, 0.2) is 5.82 Å². The number of hydrogen-bond donors (Lipinski definition) is 0. The van der Waals surface area contributed by atoms with Crippen molar-refractivity contribution in [2.45, 2.75) is 0 Å². The number of carbonyl (C=O) groups is 1. The highest BCUT2D eigenvalue weighted by atomic mass is 19.1. The topological polar surface area (TPSA) is 39.2 Å². The Balaban J connectivity index is 2.52. The van der Waals surface area contributed by atoms with Crippen LogP contribution in [0.3, 0.4) is 0 Å². The number of ether oxygens (including phenoxy) is 1. The van der Waals surface area contributed by atoms with Gasteiger partial charge in [0.2, 0.25) is 0 Å². The molecule has 0 saturated heterocycles. The van der Waals surface area contributed by atoms with Gasteiger partial charge in [-0.3, -0.25) is 4.98 Å². The van der Waals surface area contributed by atoms with Crippen molar-refractivity contribution in [2.24, 2.45) is 0 Å². The molecule has 0 aliphatic rings. The van der Waals surface area contributed by atoms with E-state index in [9.17, 15) is 13.6 Å². The number of benzene rings is 1. The van der Waals surface area contributed by atoms with Crippen LogP contribution in [0.5, 0.6) is 0 Å². The van der Waals surface area contributed by atoms with E-state index in [0.717, 1.165) is 0 Å². The Bertz CT molecular complexity index is 582. The van der Waals surface area contributed by atoms with Crippen LogP contribution in [-0.2, 0) is 4.74 Å². The zero-order valence-corrected chi connectivity index (χ0v) is 9.48. The number of esters is 1. The van der Waals surface area contributed by atoms with Crippen LogP contribution in [0.15, 0.2) is 36.5 Å². The summed E-state index contributed by atoms with van der Waals surface area (Å²) in [4.78, 5) is 15.2. The monoisotopic (exact) mass is 249 g/mol. The molecular formula is C13H9F2NO2. The quantitative estimate of drug-likeness (QED) is 0.768. The third kappa shape index (κ3) is 2.20. The van der Waals surface area contributed by atoms with Crippen LogP contribution in [0.1, 0.15) is 10.4 Å². The second-order valence-corrected chi connectivity index (χ2v) is 3.52. The SMILES string of the molecule is COC(=O)c1ccnc(-c2ccc(F)cc2)c1F. The Morgan fingerprint density at radius 1 is 1.17 bits per heavy atom. The summed E-state index contributed by atoms with van der Waals surface area (Å²) in [7, 11) is 1.17. The van der Waals surface area contributed by atoms with E-state index in [0.29, 0.717) is 5.56 Å². The molecule has 3 nitrogen and oxygen atoms in total. The van der Waals surface area contributed by atoms with E-state index in [4.69, 9.17) is 0 Å². The average molecular weight is 249 g/mol. The summed E-state index contributed by atoms with van der Waals surface area (Å²) in [5.41, 5.74) is 0.171. The highest BCUT2D eigenvalue weighted by Gasteiger charge is 2.17. The maximum atomic E-state index is 14.0. The largest absolute Gasteiger partial charge is 0.465 e. The third-order valence-electron chi connectivity index (χ3n) is 2.41. The van der Waals surface area contributed by atoms with Gasteiger partial charge < -0.3 is 4.74 Å². The highest BCUT2D eigenvalue weighted by molar-refractivity contribution is 5.90. The first-order chi connectivity index (χ1) is 8.63. The number of nitrogens with zero attached hydrogens (tertiary/aromatic N) is 1. The van der Waals surface area contributed by atoms with Gasteiger partial charge in [0, 0.05) is 11.8 Å². The molecule has 0 N–H and O–H groups in total. The van der Waals surface area contributed by atoms with Gasteiger partial charge >= 0.3 is 5.97 Å². The van der Waals surface area contributed by atoms with Gasteiger partial charge in [-0.2, -0.15) is 0 Å². The summed E-state index contributed by atoms with van der Waals surface area (Å²) in [5.74, 6) is -1.99. The van der Waals surface area contributed by atoms with Crippen molar-refractivity contribution >= 4 is 5.97 Å². The molecule has 0 atom stereocenters. The predicted octanol–water partition coefficient (Wildman–Crippen LogP) is 2.81. The van der Waals surface area contributed by atoms with Gasteiger partial charge in [-0.05, 0) is 30.3 Å². The average Bonchev–Trinajstić information content (AvgIpc) is 2.39. The van der Waals surface area contributed by atoms with Gasteiger partial charge in [-0.25, -0.2) is 13.6 Å². The molecule has 1 heterocycles. The smallest absolute Gasteiger partial charge is 0.340 e. The van der Waals surface area contributed by atoms with Gasteiger partial charge in [0.05, 0.1) is 12.7 Å². The lowest BCUT2D eigenvalue weighted by Gasteiger charge is -2.06. The number of carbonyl (C=O) groups excluding carboxylic acids is 1. The Hall–Kier alpha value is -2.30. The number of pyridine rings is 1. The first-order valence-corrected chi connectivity index (χ1v) is 5.12. The standard InChI is InChI=1S/C13H9F2NO2/c1-18-13(17)10-6-7-16-12(11(10)15)8-2-4-9(14)5-3-8/h2-7H,1H3. The van der Waals surface area contributed by atoms with Crippen molar-refractivity contribution in [3.8, 4) is 11.3 Å². The molecule has 1 aromatic carbocycles. The second-order valence-electron chi connectivity index (χ2n) is 3.52. The molecule has 0 bridgehead atoms. The van der Waals surface area contributed by atoms with Crippen molar-refractivity contribution in [2.75, 3.05) is 7.11 Å². The van der Waals surface area contributed by atoms with Crippen LogP contribution in [0.2, 0.25) is 0 Å². The normalized spacial score (nSPS) is 10.2. The van der Waals surface area contributed by atoms with Crippen molar-refractivity contribution in [3.63, 3.8) is 0 Å². The molecule has 0 aliphatic carbocycles. The van der Waals surface area contributed by atoms with E-state index >= 15 is 0 Å². The Labute approximate surface area is 102 Å². The summed E-state index contributed by atoms with van der Waals surface area (Å²) in [5, 5.41) is 0. The Morgan fingerprint density at radius 2 is 1.83 bits per heavy atom. The molecule has 2 rings (SSSR count). The molecule has 2 aromatic rings. The number of rotatable bonds is 2. The first-order valence-electron chi connectivity index (χ1n) is 5.12. The van der Waals surface area contributed by atoms with E-state index in [1.54, 1.807) is 0 Å². The molecule has 5 heteroatoms. The minimum absolute atomic E-state index is 0.0158. The fourth-order valence-electron chi connectivity index (χ4n) is 1.52. The molecule has 0 aliphatic heterocycles. The van der Waals surface area contributed by atoms with Crippen molar-refractivity contribution in [3.05, 3.63) is 53.7 Å². The van der Waals surface area contributed by atoms with E-state index in [1.165, 1.54) is 43.6 Å². The van der Waals surface area contributed by atoms with E-state index < -0.39 is 17.6 Å². The molecule has 18 heavy (non-hydrogen) atoms. The molecule has 1 aromatic heterocycles. The van der Waals surface area contributed by atoms with E-state index in [1.807, 2.05) is 0 Å². The molecule has 92 valence electrons. The summed E-state index contributed by atoms with van der Waals surface area (Å²) in [6.07, 6.45) is 1.30. The zero-order valence-electron chi connectivity index (χ0n) is 9.48. The predicted molar refractivity (Wildman–Crippen MR) is 60.9 cm³/mol. The maximum absolute atomic E-state index is 14.0. The molecule has 0 fully saturated rings. The second kappa shape index (κ2) is 4.91. The van der Waals surface area contributed by atoms with Gasteiger partial charge in [-0.1, -0.05) is 0 Å². The van der Waals surface area contributed by atoms with Crippen molar-refractivity contribution in [1.82, 2.24) is 4.98 Å². The summed E-state index contributed by atoms with van der Waals surface area (Å²) in [6.45, 7) is 0. The van der Waals surface area contributed by atoms with Crippen molar-refractivity contribution in [1.29, 1.82) is 0 Å². The minimum Gasteiger partial charge on any atom is -0.465 e. The number of hydrogen-bond acceptors (Lipinski definition) is 3. The Kier molecular flexibility index (Phi) is 3.32. The fourth-order valence-corrected chi connectivity index (χ4v) is 1.52. The minimum atomic E-state index is -0.782. The number of aromatic nitrogens is 1. The van der Waals surface area contributed by atoms with Crippen LogP contribution in [0.25, 0.3) is 11.3 Å². The Morgan fingerprint density at radius 3 is 2.44 bits per heavy atom. The van der Waals surface area contributed by atoms with Gasteiger partial charge in [0.25, 0.3) is 0 Å². The fraction of sp³-hybridized carbons (Fsp3) is 0.0769. The molecule has 0 unspecified atom stereocenters. The summed E-state index contributed by atoms with van der Waals surface area (Å²) < 4.78 is 31.3. The summed E-state index contributed by atoms with van der Waals surface area (Å²) >= 11 is 0. The van der Waals surface area contributed by atoms with Crippen molar-refractivity contribution < 1.29 is 18.3 Å². The van der Waals surface area contributed by atoms with Gasteiger partial charge in [0.1, 0.15) is 11.5 Å². The van der Waals surface area contributed by atoms with Crippen LogP contribution < -0.4 is 0 Å². The lowest BCUT2D eigenvalue weighted by Crippen LogP contribution is -2.06. The lowest BCUT2D eigenvalue weighted by atomic mass is 10.1. The maximum Gasteiger partial charge on any atom is 0.340 e. The van der Waals surface area contributed by atoms with Gasteiger partial charge in [-0.15, -0.1) is 0 Å².